The molecule has 2 N–H and O–H groups in total. The smallest absolute Gasteiger partial charge is 0.251 e. The lowest BCUT2D eigenvalue weighted by Crippen LogP contribution is -2.43. The number of hydrogen-bond acceptors (Lipinski definition) is 3. The summed E-state index contributed by atoms with van der Waals surface area (Å²) in [6.07, 6.45) is 2.52. The number of amides is 1. The van der Waals surface area contributed by atoms with Crippen LogP contribution in [0.3, 0.4) is 0 Å². The minimum absolute atomic E-state index is 0. The van der Waals surface area contributed by atoms with Gasteiger partial charge in [-0.15, -0.1) is 12.4 Å². The standard InChI is InChI=1S/C15H23N3O.ClH/c1-16-14-4-3-9-18(11-14)10-12-5-7-13(8-6-12)15(19)17-2;/h5-8,14,16H,3-4,9-11H2,1-2H3,(H,17,19);1H. The molecule has 4 nitrogen and oxygen atoms in total. The molecule has 5 heteroatoms. The normalized spacial score (nSPS) is 19.2. The van der Waals surface area contributed by atoms with Crippen LogP contribution in [0.15, 0.2) is 24.3 Å². The number of likely N-dealkylation sites (tertiary alicyclic amines) is 1. The van der Waals surface area contributed by atoms with Crippen molar-refractivity contribution >= 4 is 18.3 Å². The van der Waals surface area contributed by atoms with Gasteiger partial charge in [0.25, 0.3) is 5.91 Å². The highest BCUT2D eigenvalue weighted by Crippen LogP contribution is 2.14. The van der Waals surface area contributed by atoms with Crippen molar-refractivity contribution in [1.82, 2.24) is 15.5 Å². The molecule has 112 valence electrons. The van der Waals surface area contributed by atoms with Gasteiger partial charge in [-0.25, -0.2) is 0 Å². The summed E-state index contributed by atoms with van der Waals surface area (Å²) < 4.78 is 0. The van der Waals surface area contributed by atoms with Crippen molar-refractivity contribution < 1.29 is 4.79 Å². The number of nitrogens with one attached hydrogen (secondary N) is 2. The lowest BCUT2D eigenvalue weighted by molar-refractivity contribution is 0.0963. The molecule has 0 aromatic heterocycles. The summed E-state index contributed by atoms with van der Waals surface area (Å²) in [7, 11) is 3.69. The fourth-order valence-corrected chi connectivity index (χ4v) is 2.60. The van der Waals surface area contributed by atoms with E-state index in [2.05, 4.69) is 15.5 Å². The maximum absolute atomic E-state index is 11.5. The number of nitrogens with zero attached hydrogens (tertiary/aromatic N) is 1. The summed E-state index contributed by atoms with van der Waals surface area (Å²) in [5.41, 5.74) is 1.99. The van der Waals surface area contributed by atoms with Gasteiger partial charge in [-0.2, -0.15) is 0 Å². The van der Waals surface area contributed by atoms with Crippen molar-refractivity contribution in [3.63, 3.8) is 0 Å². The van der Waals surface area contributed by atoms with Crippen molar-refractivity contribution in [2.75, 3.05) is 27.2 Å². The topological polar surface area (TPSA) is 44.4 Å². The number of likely N-dealkylation sites (N-methyl/N-ethyl adjacent to an activating group) is 1. The van der Waals surface area contributed by atoms with Crippen molar-refractivity contribution in [2.45, 2.75) is 25.4 Å². The fourth-order valence-electron chi connectivity index (χ4n) is 2.60. The quantitative estimate of drug-likeness (QED) is 0.888. The Morgan fingerprint density at radius 2 is 2.00 bits per heavy atom. The number of carbonyl (C=O) groups is 1. The van der Waals surface area contributed by atoms with Crippen LogP contribution in [0.4, 0.5) is 0 Å². The third-order valence-electron chi connectivity index (χ3n) is 3.76. The van der Waals surface area contributed by atoms with Gasteiger partial charge in [-0.1, -0.05) is 12.1 Å². The number of piperidine rings is 1. The Hall–Kier alpha value is -1.10. The highest BCUT2D eigenvalue weighted by Gasteiger charge is 2.18. The maximum Gasteiger partial charge on any atom is 0.251 e. The van der Waals surface area contributed by atoms with E-state index in [1.54, 1.807) is 7.05 Å². The average Bonchev–Trinajstić information content (AvgIpc) is 2.47. The maximum atomic E-state index is 11.5. The van der Waals surface area contributed by atoms with Crippen LogP contribution < -0.4 is 10.6 Å². The molecule has 1 unspecified atom stereocenters. The van der Waals surface area contributed by atoms with Crippen molar-refractivity contribution in [1.29, 1.82) is 0 Å². The van der Waals surface area contributed by atoms with Crippen LogP contribution in [0.2, 0.25) is 0 Å². The number of hydrogen-bond donors (Lipinski definition) is 2. The lowest BCUT2D eigenvalue weighted by atomic mass is 10.0. The zero-order valence-electron chi connectivity index (χ0n) is 12.2. The Morgan fingerprint density at radius 3 is 2.60 bits per heavy atom. The van der Waals surface area contributed by atoms with E-state index in [1.165, 1.54) is 18.4 Å². The number of benzene rings is 1. The van der Waals surface area contributed by atoms with Crippen LogP contribution >= 0.6 is 12.4 Å². The largest absolute Gasteiger partial charge is 0.355 e. The van der Waals surface area contributed by atoms with E-state index in [-0.39, 0.29) is 18.3 Å². The van der Waals surface area contributed by atoms with Crippen LogP contribution in [-0.2, 0) is 6.54 Å². The average molecular weight is 298 g/mol. The zero-order chi connectivity index (χ0) is 13.7. The SMILES string of the molecule is CNC(=O)c1ccc(CN2CCCC(NC)C2)cc1.Cl. The predicted octanol–water partition coefficient (Wildman–Crippen LogP) is 1.65. The fraction of sp³-hybridized carbons (Fsp3) is 0.533. The van der Waals surface area contributed by atoms with Gasteiger partial charge >= 0.3 is 0 Å². The van der Waals surface area contributed by atoms with Gasteiger partial charge in [0.2, 0.25) is 0 Å². The van der Waals surface area contributed by atoms with Gasteiger partial charge in [-0.3, -0.25) is 9.69 Å². The van der Waals surface area contributed by atoms with Gasteiger partial charge in [0.05, 0.1) is 0 Å². The molecule has 1 saturated heterocycles. The van der Waals surface area contributed by atoms with E-state index in [9.17, 15) is 4.79 Å². The second kappa shape index (κ2) is 8.25. The Balaban J connectivity index is 0.00000200. The van der Waals surface area contributed by atoms with Gasteiger partial charge in [0.15, 0.2) is 0 Å². The first kappa shape index (κ1) is 17.0. The second-order valence-electron chi connectivity index (χ2n) is 5.14. The molecule has 0 bridgehead atoms. The Kier molecular flexibility index (Phi) is 6.99. The minimum atomic E-state index is -0.0280. The molecule has 1 aromatic carbocycles. The van der Waals surface area contributed by atoms with E-state index in [0.29, 0.717) is 6.04 Å². The van der Waals surface area contributed by atoms with E-state index < -0.39 is 0 Å². The number of halogens is 1. The lowest BCUT2D eigenvalue weighted by Gasteiger charge is -2.32. The third-order valence-corrected chi connectivity index (χ3v) is 3.76. The number of rotatable bonds is 4. The van der Waals surface area contributed by atoms with E-state index in [4.69, 9.17) is 0 Å². The monoisotopic (exact) mass is 297 g/mol. The van der Waals surface area contributed by atoms with Gasteiger partial charge in [0.1, 0.15) is 0 Å². The Morgan fingerprint density at radius 1 is 1.30 bits per heavy atom. The first-order valence-electron chi connectivity index (χ1n) is 6.93. The van der Waals surface area contributed by atoms with Crippen molar-refractivity contribution in [2.24, 2.45) is 0 Å². The second-order valence-corrected chi connectivity index (χ2v) is 5.14. The molecular formula is C15H24ClN3O. The first-order valence-corrected chi connectivity index (χ1v) is 6.93. The van der Waals surface area contributed by atoms with Gasteiger partial charge in [-0.05, 0) is 44.1 Å². The summed E-state index contributed by atoms with van der Waals surface area (Å²) >= 11 is 0. The molecule has 0 aliphatic carbocycles. The molecule has 1 aromatic rings. The van der Waals surface area contributed by atoms with Crippen LogP contribution in [0.25, 0.3) is 0 Å². The summed E-state index contributed by atoms with van der Waals surface area (Å²) in [5.74, 6) is -0.0280. The highest BCUT2D eigenvalue weighted by molar-refractivity contribution is 5.93. The van der Waals surface area contributed by atoms with Gasteiger partial charge in [0, 0.05) is 31.7 Å². The molecular weight excluding hydrogens is 274 g/mol. The molecule has 2 rings (SSSR count). The summed E-state index contributed by atoms with van der Waals surface area (Å²) in [4.78, 5) is 13.9. The highest BCUT2D eigenvalue weighted by atomic mass is 35.5. The van der Waals surface area contributed by atoms with E-state index >= 15 is 0 Å². The molecule has 0 radical (unpaired) electrons. The number of carbonyl (C=O) groups excluding carboxylic acids is 1. The van der Waals surface area contributed by atoms with Crippen LogP contribution in [-0.4, -0.2) is 44.0 Å². The Labute approximate surface area is 127 Å². The molecule has 0 spiro atoms. The van der Waals surface area contributed by atoms with Crippen LogP contribution in [0.5, 0.6) is 0 Å². The summed E-state index contributed by atoms with van der Waals surface area (Å²) in [6.45, 7) is 3.23. The molecule has 1 aliphatic rings. The minimum Gasteiger partial charge on any atom is -0.355 e. The summed E-state index contributed by atoms with van der Waals surface area (Å²) in [6, 6.07) is 8.50. The molecule has 1 aliphatic heterocycles. The summed E-state index contributed by atoms with van der Waals surface area (Å²) in [5, 5.41) is 5.99. The molecule has 1 heterocycles. The first-order chi connectivity index (χ1) is 9.22. The van der Waals surface area contributed by atoms with Crippen LogP contribution in [0.1, 0.15) is 28.8 Å². The van der Waals surface area contributed by atoms with Crippen molar-refractivity contribution in [3.05, 3.63) is 35.4 Å². The van der Waals surface area contributed by atoms with E-state index in [1.807, 2.05) is 31.3 Å². The Bertz CT molecular complexity index is 422. The van der Waals surface area contributed by atoms with Crippen molar-refractivity contribution in [3.8, 4) is 0 Å². The third kappa shape index (κ3) is 4.47. The van der Waals surface area contributed by atoms with Crippen LogP contribution in [0, 0.1) is 0 Å². The molecule has 20 heavy (non-hydrogen) atoms. The van der Waals surface area contributed by atoms with Gasteiger partial charge < -0.3 is 10.6 Å². The predicted molar refractivity (Wildman–Crippen MR) is 84.4 cm³/mol. The molecule has 1 atom stereocenters. The molecule has 1 amide bonds. The zero-order valence-corrected chi connectivity index (χ0v) is 13.0. The van der Waals surface area contributed by atoms with E-state index in [0.717, 1.165) is 25.2 Å². The molecule has 1 fully saturated rings. The molecule has 0 saturated carbocycles.